The molecule has 0 atom stereocenters. The molecule has 2 aliphatic rings. The number of carbonyl (C=O) groups is 2. The van der Waals surface area contributed by atoms with Crippen LogP contribution in [0, 0.1) is 11.3 Å². The molecule has 0 aromatic heterocycles. The highest BCUT2D eigenvalue weighted by atomic mass is 16.5. The molecule has 2 aromatic carbocycles. The minimum absolute atomic E-state index is 0.0301. The van der Waals surface area contributed by atoms with Gasteiger partial charge >= 0.3 is 0 Å². The van der Waals surface area contributed by atoms with Crippen molar-refractivity contribution in [2.75, 3.05) is 7.11 Å². The van der Waals surface area contributed by atoms with Crippen LogP contribution in [0.5, 0.6) is 11.5 Å². The van der Waals surface area contributed by atoms with Gasteiger partial charge in [-0.3, -0.25) is 14.5 Å². The third-order valence-corrected chi connectivity index (χ3v) is 6.20. The monoisotopic (exact) mass is 442 g/mol. The fourth-order valence-electron chi connectivity index (χ4n) is 4.39. The number of hydrogen-bond acceptors (Lipinski definition) is 5. The standard InChI is InChI=1S/C27H26N2O4/c1-18-22(26(30)29(21-10-6-7-11-21)27(31)23(18)16-28)14-20-12-13-24(25(15-20)32-2)33-17-19-8-4-3-5-9-19/h3-5,8-9,12-15,21H,6-7,10-11,17H2,1-2H3/b22-14+. The van der Waals surface area contributed by atoms with Crippen molar-refractivity contribution in [3.05, 3.63) is 76.4 Å². The van der Waals surface area contributed by atoms with Crippen molar-refractivity contribution in [2.45, 2.75) is 45.3 Å². The number of benzene rings is 2. The Balaban J connectivity index is 1.65. The first-order valence-corrected chi connectivity index (χ1v) is 11.1. The Morgan fingerprint density at radius 2 is 1.79 bits per heavy atom. The van der Waals surface area contributed by atoms with Gasteiger partial charge in [0.05, 0.1) is 7.11 Å². The lowest BCUT2D eigenvalue weighted by Crippen LogP contribution is -2.47. The Hall–Kier alpha value is -3.85. The van der Waals surface area contributed by atoms with E-state index in [1.807, 2.05) is 42.5 Å². The molecule has 0 N–H and O–H groups in total. The number of nitriles is 1. The van der Waals surface area contributed by atoms with Crippen LogP contribution in [0.1, 0.15) is 43.7 Å². The van der Waals surface area contributed by atoms with Gasteiger partial charge in [-0.2, -0.15) is 5.26 Å². The summed E-state index contributed by atoms with van der Waals surface area (Å²) in [7, 11) is 1.56. The molecule has 1 saturated carbocycles. The highest BCUT2D eigenvalue weighted by molar-refractivity contribution is 6.19. The van der Waals surface area contributed by atoms with Crippen LogP contribution in [0.15, 0.2) is 65.3 Å². The molecular weight excluding hydrogens is 416 g/mol. The van der Waals surface area contributed by atoms with Crippen molar-refractivity contribution >= 4 is 17.9 Å². The Morgan fingerprint density at radius 3 is 2.45 bits per heavy atom. The second-order valence-corrected chi connectivity index (χ2v) is 8.27. The van der Waals surface area contributed by atoms with Gasteiger partial charge in [-0.25, -0.2) is 0 Å². The van der Waals surface area contributed by atoms with Crippen LogP contribution in [0.2, 0.25) is 0 Å². The molecule has 0 spiro atoms. The zero-order valence-electron chi connectivity index (χ0n) is 18.8. The number of nitrogens with zero attached hydrogens (tertiary/aromatic N) is 2. The largest absolute Gasteiger partial charge is 0.493 e. The van der Waals surface area contributed by atoms with Gasteiger partial charge in [0, 0.05) is 11.6 Å². The number of rotatable bonds is 6. The zero-order chi connectivity index (χ0) is 23.4. The maximum Gasteiger partial charge on any atom is 0.271 e. The molecule has 0 saturated heterocycles. The summed E-state index contributed by atoms with van der Waals surface area (Å²) in [4.78, 5) is 27.5. The van der Waals surface area contributed by atoms with E-state index in [0.717, 1.165) is 36.8 Å². The molecule has 6 nitrogen and oxygen atoms in total. The average Bonchev–Trinajstić information content (AvgIpc) is 3.36. The predicted molar refractivity (Wildman–Crippen MR) is 124 cm³/mol. The van der Waals surface area contributed by atoms with Crippen LogP contribution < -0.4 is 9.47 Å². The van der Waals surface area contributed by atoms with E-state index in [-0.39, 0.29) is 17.5 Å². The fourth-order valence-corrected chi connectivity index (χ4v) is 4.39. The second kappa shape index (κ2) is 9.74. The minimum atomic E-state index is -0.480. The summed E-state index contributed by atoms with van der Waals surface area (Å²) in [5.74, 6) is 0.304. The summed E-state index contributed by atoms with van der Waals surface area (Å²) >= 11 is 0. The molecule has 1 heterocycles. The van der Waals surface area contributed by atoms with Crippen molar-refractivity contribution in [3.63, 3.8) is 0 Å². The third kappa shape index (κ3) is 4.54. The topological polar surface area (TPSA) is 79.6 Å². The molecule has 4 rings (SSSR count). The molecule has 2 amide bonds. The lowest BCUT2D eigenvalue weighted by Gasteiger charge is -2.32. The average molecular weight is 443 g/mol. The Kier molecular flexibility index (Phi) is 6.60. The fraction of sp³-hybridized carbons (Fsp3) is 0.296. The summed E-state index contributed by atoms with van der Waals surface area (Å²) < 4.78 is 11.4. The summed E-state index contributed by atoms with van der Waals surface area (Å²) in [5, 5.41) is 9.60. The molecular formula is C27H26N2O4. The van der Waals surface area contributed by atoms with Crippen molar-refractivity contribution in [2.24, 2.45) is 0 Å². The van der Waals surface area contributed by atoms with Crippen molar-refractivity contribution in [1.29, 1.82) is 5.26 Å². The summed E-state index contributed by atoms with van der Waals surface area (Å²) in [6.45, 7) is 2.06. The van der Waals surface area contributed by atoms with E-state index in [1.54, 1.807) is 32.2 Å². The minimum Gasteiger partial charge on any atom is -0.493 e. The van der Waals surface area contributed by atoms with E-state index in [9.17, 15) is 14.9 Å². The lowest BCUT2D eigenvalue weighted by molar-refractivity contribution is -0.143. The van der Waals surface area contributed by atoms with Gasteiger partial charge in [0.15, 0.2) is 11.5 Å². The molecule has 0 unspecified atom stereocenters. The van der Waals surface area contributed by atoms with Gasteiger partial charge in [0.25, 0.3) is 11.8 Å². The van der Waals surface area contributed by atoms with Crippen LogP contribution in [0.4, 0.5) is 0 Å². The number of imide groups is 1. The molecule has 2 aromatic rings. The first-order valence-electron chi connectivity index (χ1n) is 11.1. The molecule has 0 bridgehead atoms. The van der Waals surface area contributed by atoms with Crippen LogP contribution in [0.3, 0.4) is 0 Å². The highest BCUT2D eigenvalue weighted by Crippen LogP contribution is 2.34. The number of carbonyl (C=O) groups excluding carboxylic acids is 2. The van der Waals surface area contributed by atoms with Gasteiger partial charge in [0.1, 0.15) is 18.2 Å². The van der Waals surface area contributed by atoms with E-state index < -0.39 is 5.91 Å². The number of ether oxygens (including phenoxy) is 2. The summed E-state index contributed by atoms with van der Waals surface area (Å²) in [5.41, 5.74) is 2.56. The highest BCUT2D eigenvalue weighted by Gasteiger charge is 2.40. The van der Waals surface area contributed by atoms with Crippen molar-refractivity contribution < 1.29 is 19.1 Å². The molecule has 1 aliphatic heterocycles. The van der Waals surface area contributed by atoms with E-state index in [0.29, 0.717) is 29.3 Å². The van der Waals surface area contributed by atoms with Gasteiger partial charge < -0.3 is 9.47 Å². The van der Waals surface area contributed by atoms with Crippen LogP contribution >= 0.6 is 0 Å². The maximum atomic E-state index is 13.3. The number of hydrogen-bond donors (Lipinski definition) is 0. The van der Waals surface area contributed by atoms with Crippen LogP contribution in [0.25, 0.3) is 6.08 Å². The molecule has 1 fully saturated rings. The first-order chi connectivity index (χ1) is 16.0. The van der Waals surface area contributed by atoms with Crippen molar-refractivity contribution in [3.8, 4) is 17.6 Å². The number of methoxy groups -OCH3 is 1. The predicted octanol–water partition coefficient (Wildman–Crippen LogP) is 4.81. The first kappa shape index (κ1) is 22.3. The van der Waals surface area contributed by atoms with Gasteiger partial charge in [-0.05, 0) is 54.7 Å². The molecule has 6 heteroatoms. The van der Waals surface area contributed by atoms with E-state index in [2.05, 4.69) is 0 Å². The smallest absolute Gasteiger partial charge is 0.271 e. The Bertz CT molecular complexity index is 1170. The lowest BCUT2D eigenvalue weighted by atomic mass is 9.92. The third-order valence-electron chi connectivity index (χ3n) is 6.20. The Morgan fingerprint density at radius 1 is 1.06 bits per heavy atom. The normalized spacial score (nSPS) is 18.1. The number of amides is 2. The van der Waals surface area contributed by atoms with E-state index >= 15 is 0 Å². The van der Waals surface area contributed by atoms with Gasteiger partial charge in [-0.15, -0.1) is 0 Å². The van der Waals surface area contributed by atoms with Crippen LogP contribution in [-0.4, -0.2) is 29.9 Å². The van der Waals surface area contributed by atoms with Crippen LogP contribution in [-0.2, 0) is 16.2 Å². The zero-order valence-corrected chi connectivity index (χ0v) is 18.8. The van der Waals surface area contributed by atoms with E-state index in [1.165, 1.54) is 4.90 Å². The quantitative estimate of drug-likeness (QED) is 0.474. The Labute approximate surface area is 193 Å². The maximum absolute atomic E-state index is 13.3. The summed E-state index contributed by atoms with van der Waals surface area (Å²) in [6.07, 6.45) is 5.24. The SMILES string of the molecule is COc1cc(/C=C2/C(=O)N(C3CCCC3)C(=O)C(C#N)=C2C)ccc1OCc1ccccc1. The summed E-state index contributed by atoms with van der Waals surface area (Å²) in [6, 6.07) is 17.1. The molecule has 33 heavy (non-hydrogen) atoms. The van der Waals surface area contributed by atoms with E-state index in [4.69, 9.17) is 9.47 Å². The molecule has 0 radical (unpaired) electrons. The van der Waals surface area contributed by atoms with Crippen molar-refractivity contribution in [1.82, 2.24) is 4.90 Å². The molecule has 168 valence electrons. The second-order valence-electron chi connectivity index (χ2n) is 8.27. The van der Waals surface area contributed by atoms with Gasteiger partial charge in [-0.1, -0.05) is 49.2 Å². The molecule has 1 aliphatic carbocycles. The van der Waals surface area contributed by atoms with Gasteiger partial charge in [0.2, 0.25) is 0 Å².